The van der Waals surface area contributed by atoms with Gasteiger partial charge in [-0.3, -0.25) is 14.2 Å². The lowest BCUT2D eigenvalue weighted by Gasteiger charge is -2.15. The summed E-state index contributed by atoms with van der Waals surface area (Å²) >= 11 is 3.50. The van der Waals surface area contributed by atoms with Crippen LogP contribution in [-0.4, -0.2) is 22.0 Å². The second-order valence-corrected chi connectivity index (χ2v) is 7.63. The summed E-state index contributed by atoms with van der Waals surface area (Å²) in [5.74, 6) is 0.443. The van der Waals surface area contributed by atoms with E-state index in [2.05, 4.69) is 20.9 Å². The molecular formula is C22H20BrN3O2. The zero-order valence-electron chi connectivity index (χ0n) is 15.8. The number of benzene rings is 2. The molecule has 0 N–H and O–H groups in total. The molecule has 0 fully saturated rings. The number of anilines is 1. The molecule has 0 aliphatic carbocycles. The van der Waals surface area contributed by atoms with Crippen molar-refractivity contribution in [2.24, 2.45) is 0 Å². The Morgan fingerprint density at radius 2 is 1.89 bits per heavy atom. The van der Waals surface area contributed by atoms with Crippen molar-refractivity contribution in [3.05, 3.63) is 68.7 Å². The van der Waals surface area contributed by atoms with E-state index in [9.17, 15) is 9.59 Å². The molecule has 1 aliphatic rings. The molecule has 0 saturated heterocycles. The predicted octanol–water partition coefficient (Wildman–Crippen LogP) is 4.48. The lowest BCUT2D eigenvalue weighted by molar-refractivity contribution is -0.113. The first-order valence-electron chi connectivity index (χ1n) is 9.38. The van der Waals surface area contributed by atoms with Gasteiger partial charge in [0.2, 0.25) is 0 Å². The van der Waals surface area contributed by atoms with Crippen LogP contribution in [0.3, 0.4) is 0 Å². The first-order chi connectivity index (χ1) is 13.5. The van der Waals surface area contributed by atoms with Gasteiger partial charge in [-0.1, -0.05) is 35.0 Å². The highest BCUT2D eigenvalue weighted by atomic mass is 79.9. The number of para-hydroxylation sites is 1. The third kappa shape index (κ3) is 2.98. The van der Waals surface area contributed by atoms with Crippen molar-refractivity contribution in [3.8, 4) is 0 Å². The summed E-state index contributed by atoms with van der Waals surface area (Å²) in [6.07, 6.45) is 2.61. The Morgan fingerprint density at radius 3 is 2.64 bits per heavy atom. The number of hydrogen-bond acceptors (Lipinski definition) is 3. The Bertz CT molecular complexity index is 1180. The second-order valence-electron chi connectivity index (χ2n) is 6.71. The average molecular weight is 438 g/mol. The molecule has 0 radical (unpaired) electrons. The van der Waals surface area contributed by atoms with Crippen molar-refractivity contribution in [3.63, 3.8) is 0 Å². The van der Waals surface area contributed by atoms with E-state index < -0.39 is 0 Å². The number of fused-ring (bicyclic) bond motifs is 2. The van der Waals surface area contributed by atoms with Gasteiger partial charge in [0.25, 0.3) is 11.5 Å². The van der Waals surface area contributed by atoms with Crippen LogP contribution in [-0.2, 0) is 11.3 Å². The van der Waals surface area contributed by atoms with Crippen molar-refractivity contribution >= 4 is 50.1 Å². The number of carbonyl (C=O) groups excluding carboxylic acids is 1. The molecule has 6 heteroatoms. The fourth-order valence-corrected chi connectivity index (χ4v) is 4.01. The molecule has 0 atom stereocenters. The number of rotatable bonds is 4. The van der Waals surface area contributed by atoms with E-state index >= 15 is 0 Å². The van der Waals surface area contributed by atoms with E-state index in [1.54, 1.807) is 21.6 Å². The van der Waals surface area contributed by atoms with E-state index in [-0.39, 0.29) is 11.5 Å². The van der Waals surface area contributed by atoms with Crippen LogP contribution in [0.1, 0.15) is 31.7 Å². The van der Waals surface area contributed by atoms with Gasteiger partial charge in [0.15, 0.2) is 0 Å². The topological polar surface area (TPSA) is 55.2 Å². The van der Waals surface area contributed by atoms with Crippen LogP contribution in [0.2, 0.25) is 0 Å². The minimum Gasteiger partial charge on any atom is -0.308 e. The Labute approximate surface area is 171 Å². The fraction of sp³-hybridized carbons (Fsp3) is 0.227. The van der Waals surface area contributed by atoms with Crippen LogP contribution in [0, 0.1) is 0 Å². The smallest absolute Gasteiger partial charge is 0.261 e. The molecule has 5 nitrogen and oxygen atoms in total. The Morgan fingerprint density at radius 1 is 1.11 bits per heavy atom. The SMILES string of the molecule is CCCN1C(=O)/C(=C\c2nc3ccccc3c(=O)n2CC)c2cc(Br)ccc21. The molecule has 0 spiro atoms. The fourth-order valence-electron chi connectivity index (χ4n) is 3.64. The van der Waals surface area contributed by atoms with Crippen molar-refractivity contribution in [2.45, 2.75) is 26.8 Å². The number of aromatic nitrogens is 2. The monoisotopic (exact) mass is 437 g/mol. The van der Waals surface area contributed by atoms with Gasteiger partial charge in [0.1, 0.15) is 5.82 Å². The van der Waals surface area contributed by atoms with Crippen molar-refractivity contribution < 1.29 is 4.79 Å². The molecule has 0 unspecified atom stereocenters. The van der Waals surface area contributed by atoms with Gasteiger partial charge in [0.05, 0.1) is 22.2 Å². The number of amides is 1. The van der Waals surface area contributed by atoms with E-state index in [0.717, 1.165) is 22.1 Å². The summed E-state index contributed by atoms with van der Waals surface area (Å²) in [6.45, 7) is 5.09. The van der Waals surface area contributed by atoms with Crippen molar-refractivity contribution in [2.75, 3.05) is 11.4 Å². The van der Waals surface area contributed by atoms with Gasteiger partial charge in [-0.25, -0.2) is 4.98 Å². The molecule has 28 heavy (non-hydrogen) atoms. The standard InChI is InChI=1S/C22H20BrN3O2/c1-3-11-26-19-10-9-14(23)12-16(19)17(22(26)28)13-20-24-18-8-6-5-7-15(18)21(27)25(20)4-2/h5-10,12-13H,3-4,11H2,1-2H3/b17-13-. The molecule has 0 saturated carbocycles. The highest BCUT2D eigenvalue weighted by molar-refractivity contribution is 9.10. The highest BCUT2D eigenvalue weighted by Crippen LogP contribution is 2.39. The largest absolute Gasteiger partial charge is 0.308 e. The average Bonchev–Trinajstić information content (AvgIpc) is 2.94. The Kier molecular flexibility index (Phi) is 4.89. The molecule has 1 amide bonds. The summed E-state index contributed by atoms with van der Waals surface area (Å²) in [4.78, 5) is 32.5. The number of nitrogens with zero attached hydrogens (tertiary/aromatic N) is 3. The van der Waals surface area contributed by atoms with Crippen LogP contribution in [0.15, 0.2) is 51.7 Å². The zero-order chi connectivity index (χ0) is 19.8. The molecule has 2 heterocycles. The number of hydrogen-bond donors (Lipinski definition) is 0. The van der Waals surface area contributed by atoms with E-state index in [1.807, 2.05) is 50.2 Å². The van der Waals surface area contributed by atoms with Crippen LogP contribution in [0.25, 0.3) is 22.6 Å². The summed E-state index contributed by atoms with van der Waals surface area (Å²) in [7, 11) is 0. The zero-order valence-corrected chi connectivity index (χ0v) is 17.4. The highest BCUT2D eigenvalue weighted by Gasteiger charge is 2.32. The maximum absolute atomic E-state index is 13.1. The number of carbonyl (C=O) groups is 1. The third-order valence-corrected chi connectivity index (χ3v) is 5.44. The maximum atomic E-state index is 13.1. The van der Waals surface area contributed by atoms with E-state index in [1.165, 1.54) is 0 Å². The van der Waals surface area contributed by atoms with Crippen molar-refractivity contribution in [1.29, 1.82) is 0 Å². The molecule has 1 aromatic heterocycles. The molecule has 2 aromatic carbocycles. The molecular weight excluding hydrogens is 418 g/mol. The first kappa shape index (κ1) is 18.6. The normalized spacial score (nSPS) is 14.9. The van der Waals surface area contributed by atoms with Crippen LogP contribution >= 0.6 is 15.9 Å². The quantitative estimate of drug-likeness (QED) is 0.565. The summed E-state index contributed by atoms with van der Waals surface area (Å²) in [5.41, 5.74) is 2.86. The van der Waals surface area contributed by atoms with Gasteiger partial charge >= 0.3 is 0 Å². The van der Waals surface area contributed by atoms with E-state index in [0.29, 0.717) is 35.4 Å². The van der Waals surface area contributed by atoms with Gasteiger partial charge in [-0.15, -0.1) is 0 Å². The third-order valence-electron chi connectivity index (χ3n) is 4.94. The Hall–Kier alpha value is -2.73. The van der Waals surface area contributed by atoms with Crippen LogP contribution in [0.4, 0.5) is 5.69 Å². The summed E-state index contributed by atoms with van der Waals surface area (Å²) < 4.78 is 2.52. The first-order valence-corrected chi connectivity index (χ1v) is 10.2. The van der Waals surface area contributed by atoms with Crippen LogP contribution < -0.4 is 10.5 Å². The minimum atomic E-state index is -0.0923. The van der Waals surface area contributed by atoms with Crippen molar-refractivity contribution in [1.82, 2.24) is 9.55 Å². The van der Waals surface area contributed by atoms with Crippen LogP contribution in [0.5, 0.6) is 0 Å². The molecule has 1 aliphatic heterocycles. The Balaban J connectivity index is 1.96. The van der Waals surface area contributed by atoms with Gasteiger partial charge < -0.3 is 4.90 Å². The molecule has 142 valence electrons. The van der Waals surface area contributed by atoms with Gasteiger partial charge in [-0.05, 0) is 49.8 Å². The van der Waals surface area contributed by atoms with Gasteiger partial charge in [-0.2, -0.15) is 0 Å². The maximum Gasteiger partial charge on any atom is 0.261 e. The lowest BCUT2D eigenvalue weighted by atomic mass is 10.1. The summed E-state index contributed by atoms with van der Waals surface area (Å²) in [5, 5.41) is 0.583. The molecule has 4 rings (SSSR count). The summed E-state index contributed by atoms with van der Waals surface area (Å²) in [6, 6.07) is 13.1. The molecule has 0 bridgehead atoms. The molecule has 3 aromatic rings. The van der Waals surface area contributed by atoms with Gasteiger partial charge in [0, 0.05) is 23.1 Å². The minimum absolute atomic E-state index is 0.0555. The predicted molar refractivity (Wildman–Crippen MR) is 116 cm³/mol. The lowest BCUT2D eigenvalue weighted by Crippen LogP contribution is -2.27. The van der Waals surface area contributed by atoms with E-state index in [4.69, 9.17) is 0 Å². The second kappa shape index (κ2) is 7.36. The number of halogens is 1.